The zero-order valence-corrected chi connectivity index (χ0v) is 11.9. The second kappa shape index (κ2) is 5.37. The third-order valence-electron chi connectivity index (χ3n) is 2.73. The first kappa shape index (κ1) is 13.5. The molecule has 0 amide bonds. The van der Waals surface area contributed by atoms with Gasteiger partial charge in [0.15, 0.2) is 0 Å². The zero-order valence-electron chi connectivity index (χ0n) is 9.55. The summed E-state index contributed by atoms with van der Waals surface area (Å²) in [5, 5.41) is 0.281. The van der Waals surface area contributed by atoms with Crippen LogP contribution >= 0.6 is 27.5 Å². The molecule has 18 heavy (non-hydrogen) atoms. The molecular weight excluding hydrogens is 322 g/mol. The standard InChI is InChI=1S/C14H10BrClF2/c1-8-6-10(11(16)7-13(8)18)14(15)9-4-2-3-5-12(9)17/h2-7,14H,1H3. The lowest BCUT2D eigenvalue weighted by Gasteiger charge is -2.14. The molecule has 0 aliphatic carbocycles. The van der Waals surface area contributed by atoms with Crippen LogP contribution in [0, 0.1) is 18.6 Å². The molecule has 0 aromatic heterocycles. The molecule has 0 radical (unpaired) electrons. The summed E-state index contributed by atoms with van der Waals surface area (Å²) in [7, 11) is 0. The molecule has 4 heteroatoms. The Hall–Kier alpha value is -0.930. The topological polar surface area (TPSA) is 0 Å². The Kier molecular flexibility index (Phi) is 4.03. The van der Waals surface area contributed by atoms with Gasteiger partial charge in [-0.25, -0.2) is 8.78 Å². The molecule has 1 atom stereocenters. The maximum Gasteiger partial charge on any atom is 0.127 e. The minimum atomic E-state index is -0.398. The van der Waals surface area contributed by atoms with Gasteiger partial charge in [-0.3, -0.25) is 0 Å². The Morgan fingerprint density at radius 3 is 2.39 bits per heavy atom. The molecule has 0 spiro atoms. The van der Waals surface area contributed by atoms with E-state index in [9.17, 15) is 8.78 Å². The SMILES string of the molecule is Cc1cc(C(Br)c2ccccc2F)c(Cl)cc1F. The Labute approximate surface area is 118 Å². The predicted octanol–water partition coefficient (Wildman–Crippen LogP) is 5.41. The molecule has 0 heterocycles. The molecule has 0 saturated heterocycles. The van der Waals surface area contributed by atoms with Gasteiger partial charge in [0, 0.05) is 10.6 Å². The van der Waals surface area contributed by atoms with Crippen LogP contribution in [0.1, 0.15) is 21.5 Å². The second-order valence-corrected chi connectivity index (χ2v) is 5.33. The van der Waals surface area contributed by atoms with Crippen molar-refractivity contribution in [2.75, 3.05) is 0 Å². The summed E-state index contributed by atoms with van der Waals surface area (Å²) in [5.74, 6) is -0.686. The number of hydrogen-bond acceptors (Lipinski definition) is 0. The van der Waals surface area contributed by atoms with Crippen molar-refractivity contribution in [1.82, 2.24) is 0 Å². The summed E-state index contributed by atoms with van der Waals surface area (Å²) >= 11 is 9.41. The fraction of sp³-hybridized carbons (Fsp3) is 0.143. The fourth-order valence-corrected chi connectivity index (χ4v) is 2.86. The average molecular weight is 332 g/mol. The molecule has 0 aliphatic heterocycles. The van der Waals surface area contributed by atoms with E-state index in [0.29, 0.717) is 16.7 Å². The van der Waals surface area contributed by atoms with Gasteiger partial charge >= 0.3 is 0 Å². The molecule has 2 aromatic carbocycles. The van der Waals surface area contributed by atoms with E-state index in [-0.39, 0.29) is 16.7 Å². The first-order chi connectivity index (χ1) is 8.50. The average Bonchev–Trinajstić information content (AvgIpc) is 2.33. The fourth-order valence-electron chi connectivity index (χ4n) is 1.72. The van der Waals surface area contributed by atoms with Gasteiger partial charge in [-0.15, -0.1) is 0 Å². The highest BCUT2D eigenvalue weighted by Crippen LogP contribution is 2.37. The molecule has 1 unspecified atom stereocenters. The maximum absolute atomic E-state index is 13.7. The highest BCUT2D eigenvalue weighted by molar-refractivity contribution is 9.09. The highest BCUT2D eigenvalue weighted by Gasteiger charge is 2.18. The Balaban J connectivity index is 2.50. The highest BCUT2D eigenvalue weighted by atomic mass is 79.9. The lowest BCUT2D eigenvalue weighted by atomic mass is 10.0. The van der Waals surface area contributed by atoms with Crippen LogP contribution in [0.25, 0.3) is 0 Å². The molecule has 0 nitrogen and oxygen atoms in total. The van der Waals surface area contributed by atoms with Crippen molar-refractivity contribution in [1.29, 1.82) is 0 Å². The number of alkyl halides is 1. The molecule has 0 fully saturated rings. The molecule has 2 rings (SSSR count). The number of rotatable bonds is 2. The van der Waals surface area contributed by atoms with Gasteiger partial charge in [0.1, 0.15) is 11.6 Å². The molecule has 0 aliphatic rings. The number of benzene rings is 2. The van der Waals surface area contributed by atoms with Crippen LogP contribution in [0.15, 0.2) is 36.4 Å². The predicted molar refractivity (Wildman–Crippen MR) is 73.3 cm³/mol. The van der Waals surface area contributed by atoms with E-state index in [0.717, 1.165) is 0 Å². The number of hydrogen-bond donors (Lipinski definition) is 0. The van der Waals surface area contributed by atoms with Gasteiger partial charge in [0.25, 0.3) is 0 Å². The van der Waals surface area contributed by atoms with Crippen molar-refractivity contribution in [2.24, 2.45) is 0 Å². The van der Waals surface area contributed by atoms with Crippen LogP contribution in [0.5, 0.6) is 0 Å². The van der Waals surface area contributed by atoms with E-state index in [2.05, 4.69) is 15.9 Å². The minimum absolute atomic E-state index is 0.281. The van der Waals surface area contributed by atoms with E-state index in [4.69, 9.17) is 11.6 Å². The van der Waals surface area contributed by atoms with Crippen molar-refractivity contribution >= 4 is 27.5 Å². The lowest BCUT2D eigenvalue weighted by molar-refractivity contribution is 0.611. The van der Waals surface area contributed by atoms with Crippen LogP contribution in [-0.2, 0) is 0 Å². The van der Waals surface area contributed by atoms with E-state index >= 15 is 0 Å². The summed E-state index contributed by atoms with van der Waals surface area (Å²) in [6, 6.07) is 9.30. The molecular formula is C14H10BrClF2. The summed E-state index contributed by atoms with van der Waals surface area (Å²) in [6.07, 6.45) is 0. The summed E-state index contributed by atoms with van der Waals surface area (Å²) < 4.78 is 27.0. The smallest absolute Gasteiger partial charge is 0.127 e. The lowest BCUT2D eigenvalue weighted by Crippen LogP contribution is -1.99. The van der Waals surface area contributed by atoms with Crippen molar-refractivity contribution in [2.45, 2.75) is 11.8 Å². The van der Waals surface area contributed by atoms with Crippen LogP contribution in [0.2, 0.25) is 5.02 Å². The number of halogens is 4. The maximum atomic E-state index is 13.7. The Bertz CT molecular complexity index is 584. The summed E-state index contributed by atoms with van der Waals surface area (Å²) in [4.78, 5) is -0.398. The third-order valence-corrected chi connectivity index (χ3v) is 4.04. The van der Waals surface area contributed by atoms with Crippen molar-refractivity contribution in [3.8, 4) is 0 Å². The van der Waals surface area contributed by atoms with Crippen LogP contribution in [0.3, 0.4) is 0 Å². The van der Waals surface area contributed by atoms with Crippen molar-refractivity contribution < 1.29 is 8.78 Å². The van der Waals surface area contributed by atoms with Gasteiger partial charge < -0.3 is 0 Å². The van der Waals surface area contributed by atoms with Gasteiger partial charge in [0.2, 0.25) is 0 Å². The van der Waals surface area contributed by atoms with Gasteiger partial charge in [-0.05, 0) is 30.2 Å². The van der Waals surface area contributed by atoms with Gasteiger partial charge in [-0.2, -0.15) is 0 Å². The first-order valence-electron chi connectivity index (χ1n) is 5.34. The van der Waals surface area contributed by atoms with E-state index in [1.165, 1.54) is 12.1 Å². The van der Waals surface area contributed by atoms with Crippen LogP contribution < -0.4 is 0 Å². The van der Waals surface area contributed by atoms with E-state index in [1.807, 2.05) is 0 Å². The summed E-state index contributed by atoms with van der Waals surface area (Å²) in [6.45, 7) is 1.65. The van der Waals surface area contributed by atoms with Crippen molar-refractivity contribution in [3.63, 3.8) is 0 Å². The first-order valence-corrected chi connectivity index (χ1v) is 6.64. The number of aryl methyl sites for hydroxylation is 1. The molecule has 2 aromatic rings. The van der Waals surface area contributed by atoms with Crippen LogP contribution in [0.4, 0.5) is 8.78 Å². The van der Waals surface area contributed by atoms with Crippen LogP contribution in [-0.4, -0.2) is 0 Å². The van der Waals surface area contributed by atoms with Gasteiger partial charge in [-0.1, -0.05) is 51.8 Å². The zero-order chi connectivity index (χ0) is 13.3. The van der Waals surface area contributed by atoms with Crippen molar-refractivity contribution in [3.05, 3.63) is 69.7 Å². The Morgan fingerprint density at radius 2 is 1.72 bits per heavy atom. The Morgan fingerprint density at radius 1 is 1.06 bits per heavy atom. The quantitative estimate of drug-likeness (QED) is 0.645. The summed E-state index contributed by atoms with van der Waals surface area (Å²) in [5.41, 5.74) is 1.61. The normalized spacial score (nSPS) is 12.5. The minimum Gasteiger partial charge on any atom is -0.207 e. The van der Waals surface area contributed by atoms with E-state index in [1.54, 1.807) is 31.2 Å². The molecule has 0 N–H and O–H groups in total. The molecule has 0 bridgehead atoms. The van der Waals surface area contributed by atoms with Gasteiger partial charge in [0.05, 0.1) is 4.83 Å². The second-order valence-electron chi connectivity index (χ2n) is 4.01. The molecule has 94 valence electrons. The monoisotopic (exact) mass is 330 g/mol. The molecule has 0 saturated carbocycles. The largest absolute Gasteiger partial charge is 0.207 e. The third kappa shape index (κ3) is 2.57. The van der Waals surface area contributed by atoms with E-state index < -0.39 is 4.83 Å².